The van der Waals surface area contributed by atoms with Crippen molar-refractivity contribution < 1.29 is 0 Å². The molecule has 1 unspecified atom stereocenters. The normalized spacial score (nSPS) is 12.8. The first-order valence-corrected chi connectivity index (χ1v) is 7.64. The summed E-state index contributed by atoms with van der Waals surface area (Å²) in [4.78, 5) is 1.00. The fourth-order valence-electron chi connectivity index (χ4n) is 1.42. The lowest BCUT2D eigenvalue weighted by Crippen LogP contribution is -1.90. The molecule has 1 heterocycles. The molecule has 0 bridgehead atoms. The molecule has 0 saturated carbocycles. The Bertz CT molecular complexity index is 531. The van der Waals surface area contributed by atoms with Gasteiger partial charge in [-0.1, -0.05) is 35.3 Å². The maximum Gasteiger partial charge on any atom is 0.107 e. The third-order valence-corrected chi connectivity index (χ3v) is 5.97. The highest BCUT2D eigenvalue weighted by atomic mass is 79.9. The Morgan fingerprint density at radius 3 is 2.47 bits per heavy atom. The summed E-state index contributed by atoms with van der Waals surface area (Å²) in [6.07, 6.45) is 0. The number of rotatable bonds is 2. The Hall–Kier alpha value is 0.270. The van der Waals surface area contributed by atoms with Gasteiger partial charge in [0.05, 0.1) is 5.38 Å². The van der Waals surface area contributed by atoms with E-state index in [0.717, 1.165) is 25.5 Å². The Labute approximate surface area is 128 Å². The largest absolute Gasteiger partial charge is 0.125 e. The molecule has 1 atom stereocenters. The molecule has 2 aromatic rings. The molecule has 0 spiro atoms. The molecule has 0 saturated heterocycles. The lowest BCUT2D eigenvalue weighted by molar-refractivity contribution is 1.18. The first-order chi connectivity index (χ1) is 7.99. The van der Waals surface area contributed by atoms with Crippen molar-refractivity contribution >= 4 is 62.1 Å². The highest BCUT2D eigenvalue weighted by Crippen LogP contribution is 2.40. The monoisotopic (exact) mass is 368 g/mol. The van der Waals surface area contributed by atoms with E-state index in [1.54, 1.807) is 0 Å². The Kier molecular flexibility index (Phi) is 4.43. The van der Waals surface area contributed by atoms with E-state index in [1.165, 1.54) is 11.3 Å². The summed E-state index contributed by atoms with van der Waals surface area (Å²) in [5, 5.41) is 0.511. The zero-order chi connectivity index (χ0) is 12.6. The van der Waals surface area contributed by atoms with E-state index in [1.807, 2.05) is 31.2 Å². The van der Waals surface area contributed by atoms with Crippen molar-refractivity contribution in [2.45, 2.75) is 12.3 Å². The van der Waals surface area contributed by atoms with E-state index in [4.69, 9.17) is 34.8 Å². The van der Waals surface area contributed by atoms with Crippen molar-refractivity contribution in [2.24, 2.45) is 0 Å². The molecular weight excluding hydrogens is 362 g/mol. The van der Waals surface area contributed by atoms with Gasteiger partial charge in [0.2, 0.25) is 0 Å². The first kappa shape index (κ1) is 13.7. The van der Waals surface area contributed by atoms with Crippen LogP contribution in [0.4, 0.5) is 0 Å². The van der Waals surface area contributed by atoms with E-state index >= 15 is 0 Å². The number of hydrogen-bond acceptors (Lipinski definition) is 1. The van der Waals surface area contributed by atoms with Crippen LogP contribution in [0.5, 0.6) is 0 Å². The Morgan fingerprint density at radius 2 is 1.94 bits per heavy atom. The van der Waals surface area contributed by atoms with Gasteiger partial charge in [-0.3, -0.25) is 0 Å². The van der Waals surface area contributed by atoms with E-state index in [-0.39, 0.29) is 5.38 Å². The quantitative estimate of drug-likeness (QED) is 0.533. The summed E-state index contributed by atoms with van der Waals surface area (Å²) < 4.78 is 1.59. The van der Waals surface area contributed by atoms with E-state index in [0.29, 0.717) is 4.34 Å². The van der Waals surface area contributed by atoms with Crippen molar-refractivity contribution in [2.75, 3.05) is 0 Å². The number of halogens is 4. The van der Waals surface area contributed by atoms with Crippen LogP contribution >= 0.6 is 62.1 Å². The molecule has 5 heteroatoms. The van der Waals surface area contributed by atoms with Gasteiger partial charge >= 0.3 is 0 Å². The van der Waals surface area contributed by atoms with Crippen molar-refractivity contribution in [1.82, 2.24) is 0 Å². The SMILES string of the molecule is Cc1ccc(C(Cl)c2cc(Br)c(Cl)s2)cc1Cl. The fourth-order valence-corrected chi connectivity index (χ4v) is 3.68. The summed E-state index contributed by atoms with van der Waals surface area (Å²) in [6.45, 7) is 1.97. The van der Waals surface area contributed by atoms with Crippen LogP contribution in [-0.4, -0.2) is 0 Å². The second-order valence-corrected chi connectivity index (χ2v) is 7.03. The van der Waals surface area contributed by atoms with Crippen LogP contribution in [0, 0.1) is 6.92 Å². The summed E-state index contributed by atoms with van der Waals surface area (Å²) in [6, 6.07) is 7.80. The van der Waals surface area contributed by atoms with E-state index in [2.05, 4.69) is 15.9 Å². The summed E-state index contributed by atoms with van der Waals surface area (Å²) in [5.41, 5.74) is 2.03. The summed E-state index contributed by atoms with van der Waals surface area (Å²) in [5.74, 6) is 0. The molecule has 0 aliphatic heterocycles. The van der Waals surface area contributed by atoms with Crippen molar-refractivity contribution in [1.29, 1.82) is 0 Å². The molecule has 0 aliphatic rings. The highest BCUT2D eigenvalue weighted by Gasteiger charge is 2.16. The van der Waals surface area contributed by atoms with E-state index in [9.17, 15) is 0 Å². The minimum Gasteiger partial charge on any atom is -0.125 e. The van der Waals surface area contributed by atoms with Crippen LogP contribution in [0.15, 0.2) is 28.7 Å². The number of alkyl halides is 1. The molecule has 1 aromatic carbocycles. The molecule has 0 radical (unpaired) electrons. The molecule has 1 aromatic heterocycles. The van der Waals surface area contributed by atoms with Gasteiger partial charge in [0, 0.05) is 14.4 Å². The van der Waals surface area contributed by atoms with Crippen LogP contribution in [0.3, 0.4) is 0 Å². The predicted molar refractivity (Wildman–Crippen MR) is 80.9 cm³/mol. The lowest BCUT2D eigenvalue weighted by Gasteiger charge is -2.09. The van der Waals surface area contributed by atoms with Gasteiger partial charge in [-0.25, -0.2) is 0 Å². The van der Waals surface area contributed by atoms with E-state index < -0.39 is 0 Å². The second-order valence-electron chi connectivity index (χ2n) is 3.64. The molecular formula is C12H8BrCl3S. The molecule has 0 N–H and O–H groups in total. The van der Waals surface area contributed by atoms with Gasteiger partial charge in [-0.05, 0) is 46.1 Å². The zero-order valence-corrected chi connectivity index (χ0v) is 13.5. The van der Waals surface area contributed by atoms with Gasteiger partial charge in [-0.15, -0.1) is 22.9 Å². The van der Waals surface area contributed by atoms with Crippen LogP contribution in [-0.2, 0) is 0 Å². The average molecular weight is 371 g/mol. The van der Waals surface area contributed by atoms with Gasteiger partial charge in [-0.2, -0.15) is 0 Å². The standard InChI is InChI=1S/C12H8BrCl3S/c1-6-2-3-7(4-9(6)14)11(15)10-5-8(13)12(16)17-10/h2-5,11H,1H3. The lowest BCUT2D eigenvalue weighted by atomic mass is 10.1. The number of hydrogen-bond donors (Lipinski definition) is 0. The van der Waals surface area contributed by atoms with Gasteiger partial charge in [0.25, 0.3) is 0 Å². The third-order valence-electron chi connectivity index (χ3n) is 2.40. The zero-order valence-electron chi connectivity index (χ0n) is 8.81. The van der Waals surface area contributed by atoms with Crippen LogP contribution in [0.25, 0.3) is 0 Å². The van der Waals surface area contributed by atoms with Crippen LogP contribution in [0.2, 0.25) is 9.36 Å². The van der Waals surface area contributed by atoms with Crippen molar-refractivity contribution in [3.8, 4) is 0 Å². The topological polar surface area (TPSA) is 0 Å². The van der Waals surface area contributed by atoms with Crippen LogP contribution in [0.1, 0.15) is 21.4 Å². The maximum atomic E-state index is 6.41. The smallest absolute Gasteiger partial charge is 0.107 e. The van der Waals surface area contributed by atoms with Gasteiger partial charge in [0.15, 0.2) is 0 Å². The first-order valence-electron chi connectivity index (χ1n) is 4.84. The number of thiophene rings is 1. The Morgan fingerprint density at radius 1 is 1.24 bits per heavy atom. The maximum absolute atomic E-state index is 6.41. The predicted octanol–water partition coefficient (Wildman–Crippen LogP) is 6.45. The number of aryl methyl sites for hydroxylation is 1. The Balaban J connectivity index is 2.36. The molecule has 0 amide bonds. The third kappa shape index (κ3) is 2.99. The van der Waals surface area contributed by atoms with Crippen molar-refractivity contribution in [3.05, 3.63) is 54.1 Å². The summed E-state index contributed by atoms with van der Waals surface area (Å²) >= 11 is 23.4. The molecule has 0 fully saturated rings. The number of benzene rings is 1. The average Bonchev–Trinajstić information content (AvgIpc) is 2.62. The fraction of sp³-hybridized carbons (Fsp3) is 0.167. The minimum absolute atomic E-state index is 0.220. The van der Waals surface area contributed by atoms with Gasteiger partial charge in [0.1, 0.15) is 4.34 Å². The van der Waals surface area contributed by atoms with Crippen LogP contribution < -0.4 is 0 Å². The van der Waals surface area contributed by atoms with Crippen molar-refractivity contribution in [3.63, 3.8) is 0 Å². The molecule has 0 nitrogen and oxygen atoms in total. The highest BCUT2D eigenvalue weighted by molar-refractivity contribution is 9.10. The molecule has 2 rings (SSSR count). The molecule has 0 aliphatic carbocycles. The molecule has 17 heavy (non-hydrogen) atoms. The second kappa shape index (κ2) is 5.50. The minimum atomic E-state index is -0.220. The summed E-state index contributed by atoms with van der Waals surface area (Å²) in [7, 11) is 0. The molecule has 90 valence electrons. The van der Waals surface area contributed by atoms with Gasteiger partial charge < -0.3 is 0 Å².